The van der Waals surface area contributed by atoms with E-state index in [4.69, 9.17) is 12.2 Å². The standard InChI is InChI=1S/C17H21N5S/c1-12-7-5-6-8-15(12)10-20(4)11-21-17(23)22-14(3)9-13(2)18-16(22)19-21/h5-9H,10-11H2,1-4H3/p+1. The molecule has 1 atom stereocenters. The summed E-state index contributed by atoms with van der Waals surface area (Å²) in [5, 5.41) is 4.58. The monoisotopic (exact) mass is 328 g/mol. The Kier molecular flexibility index (Phi) is 4.28. The smallest absolute Gasteiger partial charge is 0.254 e. The zero-order chi connectivity index (χ0) is 16.6. The normalized spacial score (nSPS) is 12.7. The molecule has 0 amide bonds. The molecule has 2 aromatic heterocycles. The summed E-state index contributed by atoms with van der Waals surface area (Å²) >= 11 is 5.58. The maximum atomic E-state index is 5.58. The summed E-state index contributed by atoms with van der Waals surface area (Å²) in [6, 6.07) is 10.5. The minimum absolute atomic E-state index is 0.677. The van der Waals surface area contributed by atoms with Crippen LogP contribution in [0.4, 0.5) is 0 Å². The van der Waals surface area contributed by atoms with Crippen molar-refractivity contribution in [1.82, 2.24) is 19.2 Å². The number of hydrogen-bond acceptors (Lipinski definition) is 3. The van der Waals surface area contributed by atoms with Crippen molar-refractivity contribution in [3.63, 3.8) is 0 Å². The van der Waals surface area contributed by atoms with E-state index in [1.165, 1.54) is 16.0 Å². The van der Waals surface area contributed by atoms with Crippen LogP contribution in [0.5, 0.6) is 0 Å². The molecule has 0 fully saturated rings. The van der Waals surface area contributed by atoms with Gasteiger partial charge >= 0.3 is 0 Å². The molecule has 3 aromatic rings. The number of nitrogens with zero attached hydrogens (tertiary/aromatic N) is 4. The highest BCUT2D eigenvalue weighted by atomic mass is 32.1. The average Bonchev–Trinajstić information content (AvgIpc) is 2.77. The molecule has 1 aromatic carbocycles. The Bertz CT molecular complexity index is 909. The van der Waals surface area contributed by atoms with E-state index >= 15 is 0 Å². The highest BCUT2D eigenvalue weighted by Crippen LogP contribution is 2.07. The van der Waals surface area contributed by atoms with Crippen LogP contribution in [0.25, 0.3) is 5.78 Å². The van der Waals surface area contributed by atoms with Crippen LogP contribution in [0.2, 0.25) is 0 Å². The van der Waals surface area contributed by atoms with Gasteiger partial charge in [-0.25, -0.2) is 4.98 Å². The average molecular weight is 328 g/mol. The maximum Gasteiger partial charge on any atom is 0.254 e. The molecule has 0 aliphatic carbocycles. The number of rotatable bonds is 4. The number of benzene rings is 1. The van der Waals surface area contributed by atoms with Gasteiger partial charge in [-0.3, -0.25) is 4.40 Å². The third kappa shape index (κ3) is 3.18. The Morgan fingerprint density at radius 3 is 2.65 bits per heavy atom. The van der Waals surface area contributed by atoms with Crippen molar-refractivity contribution in [2.24, 2.45) is 0 Å². The summed E-state index contributed by atoms with van der Waals surface area (Å²) in [5.41, 5.74) is 4.70. The lowest BCUT2D eigenvalue weighted by molar-refractivity contribution is -0.917. The van der Waals surface area contributed by atoms with Crippen molar-refractivity contribution < 1.29 is 4.90 Å². The molecule has 120 valence electrons. The molecule has 5 nitrogen and oxygen atoms in total. The van der Waals surface area contributed by atoms with Gasteiger partial charge in [0.2, 0.25) is 4.77 Å². The van der Waals surface area contributed by atoms with E-state index in [0.29, 0.717) is 10.5 Å². The highest BCUT2D eigenvalue weighted by Gasteiger charge is 2.12. The van der Waals surface area contributed by atoms with E-state index in [1.54, 1.807) is 0 Å². The fourth-order valence-electron chi connectivity index (χ4n) is 2.88. The first-order valence-corrected chi connectivity index (χ1v) is 8.16. The van der Waals surface area contributed by atoms with Crippen LogP contribution in [0.1, 0.15) is 22.5 Å². The summed E-state index contributed by atoms with van der Waals surface area (Å²) in [5.74, 6) is 0.677. The molecule has 3 rings (SSSR count). The molecule has 6 heteroatoms. The SMILES string of the molecule is Cc1cc(C)n2c(=S)n(C[NH+](C)Cc3ccccc3C)nc2n1. The second kappa shape index (κ2) is 6.22. The third-order valence-electron chi connectivity index (χ3n) is 4.04. The minimum Gasteiger partial charge on any atom is -0.315 e. The van der Waals surface area contributed by atoms with Crippen LogP contribution >= 0.6 is 12.2 Å². The first kappa shape index (κ1) is 15.8. The minimum atomic E-state index is 0.677. The molecule has 0 bridgehead atoms. The molecule has 2 heterocycles. The molecule has 0 spiro atoms. The number of fused-ring (bicyclic) bond motifs is 1. The predicted molar refractivity (Wildman–Crippen MR) is 93.1 cm³/mol. The zero-order valence-electron chi connectivity index (χ0n) is 14.0. The number of hydrogen-bond donors (Lipinski definition) is 1. The number of aromatic nitrogens is 4. The van der Waals surface area contributed by atoms with Gasteiger partial charge in [-0.15, -0.1) is 5.10 Å². The predicted octanol–water partition coefficient (Wildman–Crippen LogP) is 1.86. The van der Waals surface area contributed by atoms with Gasteiger partial charge in [0.1, 0.15) is 6.54 Å². The lowest BCUT2D eigenvalue weighted by Crippen LogP contribution is -3.07. The van der Waals surface area contributed by atoms with E-state index in [0.717, 1.165) is 24.6 Å². The first-order valence-electron chi connectivity index (χ1n) is 7.75. The Hall–Kier alpha value is -2.05. The van der Waals surface area contributed by atoms with Gasteiger partial charge in [0, 0.05) is 17.0 Å². The van der Waals surface area contributed by atoms with Gasteiger partial charge in [-0.1, -0.05) is 24.3 Å². The third-order valence-corrected chi connectivity index (χ3v) is 4.44. The number of aryl methyl sites for hydroxylation is 3. The zero-order valence-corrected chi connectivity index (χ0v) is 14.8. The Balaban J connectivity index is 1.87. The van der Waals surface area contributed by atoms with Crippen molar-refractivity contribution in [3.8, 4) is 0 Å². The molecule has 1 unspecified atom stereocenters. The fourth-order valence-corrected chi connectivity index (χ4v) is 3.21. The first-order chi connectivity index (χ1) is 11.0. The van der Waals surface area contributed by atoms with Crippen LogP contribution in [0.3, 0.4) is 0 Å². The Morgan fingerprint density at radius 2 is 1.91 bits per heavy atom. The van der Waals surface area contributed by atoms with Crippen molar-refractivity contribution in [1.29, 1.82) is 0 Å². The number of quaternary nitrogens is 1. The topological polar surface area (TPSA) is 39.6 Å². The van der Waals surface area contributed by atoms with Crippen LogP contribution < -0.4 is 4.90 Å². The molecule has 0 saturated heterocycles. The van der Waals surface area contributed by atoms with Gasteiger partial charge in [0.05, 0.1) is 7.05 Å². The summed E-state index contributed by atoms with van der Waals surface area (Å²) in [7, 11) is 2.16. The molecule has 23 heavy (non-hydrogen) atoms. The maximum absolute atomic E-state index is 5.58. The van der Waals surface area contributed by atoms with Gasteiger partial charge in [-0.05, 0) is 44.6 Å². The molecule has 1 N–H and O–H groups in total. The van der Waals surface area contributed by atoms with Crippen molar-refractivity contribution in [3.05, 3.63) is 57.6 Å². The second-order valence-electron chi connectivity index (χ2n) is 6.17. The highest BCUT2D eigenvalue weighted by molar-refractivity contribution is 7.71. The van der Waals surface area contributed by atoms with Crippen LogP contribution in [0, 0.1) is 25.5 Å². The van der Waals surface area contributed by atoms with Gasteiger partial charge in [0.25, 0.3) is 5.78 Å². The quantitative estimate of drug-likeness (QED) is 0.743. The largest absolute Gasteiger partial charge is 0.315 e. The van der Waals surface area contributed by atoms with Crippen molar-refractivity contribution in [2.75, 3.05) is 7.05 Å². The van der Waals surface area contributed by atoms with Gasteiger partial charge < -0.3 is 4.90 Å². The summed E-state index contributed by atoms with van der Waals surface area (Å²) in [4.78, 5) is 5.81. The molecular weight excluding hydrogens is 306 g/mol. The van der Waals surface area contributed by atoms with Crippen molar-refractivity contribution in [2.45, 2.75) is 34.0 Å². The Morgan fingerprint density at radius 1 is 1.17 bits per heavy atom. The van der Waals surface area contributed by atoms with Crippen LogP contribution in [-0.2, 0) is 13.2 Å². The summed E-state index contributed by atoms with van der Waals surface area (Å²) < 4.78 is 4.51. The number of nitrogens with one attached hydrogen (secondary N) is 1. The molecule has 0 radical (unpaired) electrons. The van der Waals surface area contributed by atoms with Crippen LogP contribution in [-0.4, -0.2) is 26.2 Å². The molecule has 0 aliphatic heterocycles. The summed E-state index contributed by atoms with van der Waals surface area (Å²) in [6.45, 7) is 7.82. The molecule has 0 aliphatic rings. The molecule has 0 saturated carbocycles. The van der Waals surface area contributed by atoms with Crippen molar-refractivity contribution >= 4 is 18.0 Å². The Labute approximate surface area is 141 Å². The van der Waals surface area contributed by atoms with Crippen LogP contribution in [0.15, 0.2) is 30.3 Å². The van der Waals surface area contributed by atoms with E-state index in [1.807, 2.05) is 29.0 Å². The molecular formula is C17H22N5S+. The van der Waals surface area contributed by atoms with Gasteiger partial charge in [-0.2, -0.15) is 4.68 Å². The lowest BCUT2D eigenvalue weighted by Gasteiger charge is -2.14. The summed E-state index contributed by atoms with van der Waals surface area (Å²) in [6.07, 6.45) is 0. The van der Waals surface area contributed by atoms with E-state index in [9.17, 15) is 0 Å². The second-order valence-corrected chi connectivity index (χ2v) is 6.54. The van der Waals surface area contributed by atoms with E-state index in [-0.39, 0.29) is 0 Å². The van der Waals surface area contributed by atoms with E-state index in [2.05, 4.69) is 48.3 Å². The van der Waals surface area contributed by atoms with E-state index < -0.39 is 0 Å². The lowest BCUT2D eigenvalue weighted by atomic mass is 10.1. The fraction of sp³-hybridized carbons (Fsp3) is 0.353. The van der Waals surface area contributed by atoms with Gasteiger partial charge in [0.15, 0.2) is 6.67 Å².